The lowest BCUT2D eigenvalue weighted by Gasteiger charge is -2.21. The molecule has 0 aliphatic rings. The summed E-state index contributed by atoms with van der Waals surface area (Å²) in [5.41, 5.74) is 0. The molecule has 0 amide bonds. The van der Waals surface area contributed by atoms with Crippen LogP contribution in [0.1, 0.15) is 409 Å². The third kappa shape index (κ3) is 70.2. The molecule has 8 atom stereocenters. The molecule has 0 heterocycles. The highest BCUT2D eigenvalue weighted by atomic mass is 31.2. The Morgan fingerprint density at radius 1 is 0.283 bits per heavy atom. The highest BCUT2D eigenvalue weighted by Crippen LogP contribution is 2.45. The summed E-state index contributed by atoms with van der Waals surface area (Å²) in [6.07, 6.45) is 55.4. The van der Waals surface area contributed by atoms with E-state index in [-0.39, 0.29) is 25.7 Å². The molecular weight excluding hydrogens is 1290 g/mol. The van der Waals surface area contributed by atoms with Crippen LogP contribution in [0.3, 0.4) is 0 Å². The maximum atomic E-state index is 13.1. The van der Waals surface area contributed by atoms with Gasteiger partial charge in [-0.15, -0.1) is 0 Å². The SMILES string of the molecule is CCC(C)CCCCCCCCCCCCCCCCCCCCC(=O)O[C@H](COC(=O)CCCCCCCCCCC(C)CC)COP(=O)(O)OCC(O)COP(=O)(O)OC[C@@H](COC(=O)CCCCCCCCCCC(C)C)OC(=O)CCCCCCCCCCCCC(C)CC. The summed E-state index contributed by atoms with van der Waals surface area (Å²) in [6, 6.07) is 0. The molecule has 0 aromatic heterocycles. The van der Waals surface area contributed by atoms with Gasteiger partial charge in [0.05, 0.1) is 26.4 Å². The van der Waals surface area contributed by atoms with Crippen molar-refractivity contribution in [2.75, 3.05) is 39.6 Å². The van der Waals surface area contributed by atoms with Crippen LogP contribution in [-0.2, 0) is 65.4 Å². The van der Waals surface area contributed by atoms with Gasteiger partial charge in [0.25, 0.3) is 0 Å². The van der Waals surface area contributed by atoms with Gasteiger partial charge in [0, 0.05) is 25.7 Å². The number of aliphatic hydroxyl groups excluding tert-OH is 1. The Hall–Kier alpha value is -1.94. The second-order valence-electron chi connectivity index (χ2n) is 30.0. The van der Waals surface area contributed by atoms with E-state index in [9.17, 15) is 43.2 Å². The number of esters is 4. The van der Waals surface area contributed by atoms with Crippen LogP contribution in [0.5, 0.6) is 0 Å². The number of carbonyl (C=O) groups is 4. The van der Waals surface area contributed by atoms with E-state index < -0.39 is 97.5 Å². The van der Waals surface area contributed by atoms with Gasteiger partial charge in [-0.05, 0) is 49.4 Å². The molecule has 3 N–H and O–H groups in total. The molecule has 6 unspecified atom stereocenters. The second kappa shape index (κ2) is 69.1. The predicted molar refractivity (Wildman–Crippen MR) is 404 cm³/mol. The molecule has 99 heavy (non-hydrogen) atoms. The van der Waals surface area contributed by atoms with Gasteiger partial charge >= 0.3 is 39.5 Å². The Balaban J connectivity index is 5.21. The average molecular weight is 1450 g/mol. The van der Waals surface area contributed by atoms with Crippen LogP contribution < -0.4 is 0 Å². The quantitative estimate of drug-likeness (QED) is 0.0222. The van der Waals surface area contributed by atoms with Gasteiger partial charge in [0.2, 0.25) is 0 Å². The van der Waals surface area contributed by atoms with Crippen molar-refractivity contribution >= 4 is 39.5 Å². The number of phosphoric ester groups is 2. The smallest absolute Gasteiger partial charge is 0.462 e. The molecule has 0 spiro atoms. The van der Waals surface area contributed by atoms with E-state index in [4.69, 9.17) is 37.0 Å². The molecule has 588 valence electrons. The molecule has 0 aliphatic carbocycles. The predicted octanol–water partition coefficient (Wildman–Crippen LogP) is 23.6. The van der Waals surface area contributed by atoms with Crippen molar-refractivity contribution in [3.63, 3.8) is 0 Å². The van der Waals surface area contributed by atoms with Crippen molar-refractivity contribution in [1.29, 1.82) is 0 Å². The lowest BCUT2D eigenvalue weighted by Crippen LogP contribution is -2.30. The Morgan fingerprint density at radius 3 is 0.717 bits per heavy atom. The minimum atomic E-state index is -4.96. The van der Waals surface area contributed by atoms with Gasteiger partial charge in [-0.2, -0.15) is 0 Å². The van der Waals surface area contributed by atoms with Crippen molar-refractivity contribution in [2.24, 2.45) is 23.7 Å². The first-order valence-electron chi connectivity index (χ1n) is 41.3. The van der Waals surface area contributed by atoms with E-state index in [1.165, 1.54) is 212 Å². The van der Waals surface area contributed by atoms with Crippen molar-refractivity contribution in [3.8, 4) is 0 Å². The zero-order chi connectivity index (χ0) is 73.1. The van der Waals surface area contributed by atoms with E-state index in [0.29, 0.717) is 25.7 Å². The second-order valence-corrected chi connectivity index (χ2v) is 32.9. The largest absolute Gasteiger partial charge is 0.472 e. The summed E-state index contributed by atoms with van der Waals surface area (Å²) in [5, 5.41) is 10.6. The number of rotatable bonds is 77. The Bertz CT molecular complexity index is 1940. The number of carbonyl (C=O) groups excluding carboxylic acids is 4. The first-order valence-corrected chi connectivity index (χ1v) is 44.3. The van der Waals surface area contributed by atoms with E-state index in [1.807, 2.05) is 0 Å². The number of phosphoric acid groups is 2. The molecule has 19 heteroatoms. The van der Waals surface area contributed by atoms with E-state index in [2.05, 4.69) is 55.4 Å². The number of ether oxygens (including phenoxy) is 4. The van der Waals surface area contributed by atoms with Crippen LogP contribution >= 0.6 is 15.6 Å². The van der Waals surface area contributed by atoms with Crippen molar-refractivity contribution < 1.29 is 80.2 Å². The summed E-state index contributed by atoms with van der Waals surface area (Å²) in [6.45, 7) is 14.3. The third-order valence-corrected chi connectivity index (χ3v) is 21.6. The molecule has 0 aliphatic heterocycles. The number of hydrogen-bond donors (Lipinski definition) is 3. The van der Waals surface area contributed by atoms with Gasteiger partial charge in [0.15, 0.2) is 12.2 Å². The Kier molecular flexibility index (Phi) is 67.8. The minimum Gasteiger partial charge on any atom is -0.462 e. The Labute approximate surface area is 607 Å². The normalized spacial score (nSPS) is 14.9. The van der Waals surface area contributed by atoms with Crippen LogP contribution in [0.15, 0.2) is 0 Å². The van der Waals surface area contributed by atoms with Crippen LogP contribution in [0.4, 0.5) is 0 Å². The molecule has 0 bridgehead atoms. The average Bonchev–Trinajstić information content (AvgIpc) is 2.07. The standard InChI is InChI=1S/C80H156O17P2/c1-9-71(6)57-49-41-33-24-20-18-16-14-12-13-15-17-19-21-26-38-46-54-62-79(84)96-76(67-91-78(83)61-53-45-37-31-29-35-43-51-59-73(8)11-3)69-95-99(88,89)93-65-74(81)64-92-98(86,87)94-68-75(66-90-77(82)60-52-44-36-30-28-32-40-48-56-70(4)5)97-80(85)63-55-47-39-27-23-22-25-34-42-50-58-72(7)10-2/h70-76,81H,9-69H2,1-8H3,(H,86,87)(H,88,89)/t71?,72?,73?,74?,75-,76-/m1/s1. The summed E-state index contributed by atoms with van der Waals surface area (Å²) < 4.78 is 68.7. The number of aliphatic hydroxyl groups is 1. The lowest BCUT2D eigenvalue weighted by molar-refractivity contribution is -0.161. The van der Waals surface area contributed by atoms with E-state index >= 15 is 0 Å². The zero-order valence-electron chi connectivity index (χ0n) is 65.1. The van der Waals surface area contributed by atoms with Gasteiger partial charge in [0.1, 0.15) is 19.3 Å². The van der Waals surface area contributed by atoms with Gasteiger partial charge in [-0.25, -0.2) is 9.13 Å². The maximum Gasteiger partial charge on any atom is 0.472 e. The van der Waals surface area contributed by atoms with Gasteiger partial charge in [-0.1, -0.05) is 357 Å². The van der Waals surface area contributed by atoms with Gasteiger partial charge in [-0.3, -0.25) is 37.3 Å². The molecule has 0 fully saturated rings. The fraction of sp³-hybridized carbons (Fsp3) is 0.950. The van der Waals surface area contributed by atoms with Crippen LogP contribution in [-0.4, -0.2) is 96.7 Å². The van der Waals surface area contributed by atoms with Crippen molar-refractivity contribution in [2.45, 2.75) is 427 Å². The minimum absolute atomic E-state index is 0.105. The zero-order valence-corrected chi connectivity index (χ0v) is 66.9. The van der Waals surface area contributed by atoms with Crippen LogP contribution in [0, 0.1) is 23.7 Å². The van der Waals surface area contributed by atoms with Crippen molar-refractivity contribution in [3.05, 3.63) is 0 Å². The highest BCUT2D eigenvalue weighted by molar-refractivity contribution is 7.47. The van der Waals surface area contributed by atoms with E-state index in [0.717, 1.165) is 114 Å². The first kappa shape index (κ1) is 97.1. The monoisotopic (exact) mass is 1450 g/mol. The van der Waals surface area contributed by atoms with Gasteiger partial charge < -0.3 is 33.8 Å². The molecule has 0 radical (unpaired) electrons. The summed E-state index contributed by atoms with van der Waals surface area (Å²) in [4.78, 5) is 73.0. The summed E-state index contributed by atoms with van der Waals surface area (Å²) in [5.74, 6) is 1.06. The molecule has 0 aromatic rings. The molecule has 0 rings (SSSR count). The molecule has 0 aromatic carbocycles. The van der Waals surface area contributed by atoms with Crippen LogP contribution in [0.2, 0.25) is 0 Å². The third-order valence-electron chi connectivity index (χ3n) is 19.7. The van der Waals surface area contributed by atoms with E-state index in [1.54, 1.807) is 0 Å². The number of unbranched alkanes of at least 4 members (excludes halogenated alkanes) is 40. The molecule has 0 saturated heterocycles. The topological polar surface area (TPSA) is 237 Å². The van der Waals surface area contributed by atoms with Crippen LogP contribution in [0.25, 0.3) is 0 Å². The highest BCUT2D eigenvalue weighted by Gasteiger charge is 2.30. The first-order chi connectivity index (χ1) is 47.7. The fourth-order valence-corrected chi connectivity index (χ4v) is 13.7. The Morgan fingerprint density at radius 2 is 0.485 bits per heavy atom. The summed E-state index contributed by atoms with van der Waals surface area (Å²) in [7, 11) is -9.92. The fourth-order valence-electron chi connectivity index (χ4n) is 12.2. The maximum absolute atomic E-state index is 13.1. The lowest BCUT2D eigenvalue weighted by atomic mass is 9.99. The summed E-state index contributed by atoms with van der Waals surface area (Å²) >= 11 is 0. The van der Waals surface area contributed by atoms with Crippen molar-refractivity contribution in [1.82, 2.24) is 0 Å². The number of hydrogen-bond acceptors (Lipinski definition) is 15. The molecular formula is C80H156O17P2. The molecule has 17 nitrogen and oxygen atoms in total. The molecule has 0 saturated carbocycles.